The van der Waals surface area contributed by atoms with Gasteiger partial charge in [-0.3, -0.25) is 14.4 Å². The minimum atomic E-state index is -3.74. The maximum absolute atomic E-state index is 13.0. The fourth-order valence-electron chi connectivity index (χ4n) is 4.11. The molecule has 1 N–H and O–H groups in total. The quantitative estimate of drug-likeness (QED) is 0.460. The molecule has 1 aliphatic rings. The SMILES string of the molecule is Cc1ccc(N2C(=O)CSC2c2cccc(NS(=O)(=O)c3ccc(C(C)(C)C)cc3)c2)c(C)c1. The number of anilines is 2. The average Bonchev–Trinajstić information content (AvgIpc) is 3.14. The van der Waals surface area contributed by atoms with Crippen LogP contribution in [0.4, 0.5) is 11.4 Å². The van der Waals surface area contributed by atoms with Crippen LogP contribution in [0.3, 0.4) is 0 Å². The van der Waals surface area contributed by atoms with Gasteiger partial charge < -0.3 is 0 Å². The number of aryl methyl sites for hydroxylation is 2. The predicted molar refractivity (Wildman–Crippen MR) is 141 cm³/mol. The Bertz CT molecular complexity index is 1330. The van der Waals surface area contributed by atoms with Gasteiger partial charge in [-0.25, -0.2) is 8.42 Å². The van der Waals surface area contributed by atoms with E-state index >= 15 is 0 Å². The van der Waals surface area contributed by atoms with Crippen molar-refractivity contribution in [2.45, 2.75) is 50.3 Å². The summed E-state index contributed by atoms with van der Waals surface area (Å²) in [5.74, 6) is 0.431. The van der Waals surface area contributed by atoms with E-state index in [1.807, 2.05) is 61.2 Å². The van der Waals surface area contributed by atoms with Crippen LogP contribution < -0.4 is 9.62 Å². The van der Waals surface area contributed by atoms with Gasteiger partial charge in [0, 0.05) is 11.4 Å². The maximum Gasteiger partial charge on any atom is 0.261 e. The average molecular weight is 495 g/mol. The molecule has 1 fully saturated rings. The van der Waals surface area contributed by atoms with E-state index < -0.39 is 10.0 Å². The molecule has 7 heteroatoms. The molecule has 0 radical (unpaired) electrons. The van der Waals surface area contributed by atoms with Crippen LogP contribution in [0.5, 0.6) is 0 Å². The standard InChI is InChI=1S/C27H30N2O3S2/c1-18-9-14-24(19(2)15-18)29-25(30)17-33-26(29)20-7-6-8-22(16-20)28-34(31,32)23-12-10-21(11-13-23)27(3,4)5/h6-16,26,28H,17H2,1-5H3. The number of benzene rings is 3. The Kier molecular flexibility index (Phi) is 6.53. The Balaban J connectivity index is 1.61. The van der Waals surface area contributed by atoms with Gasteiger partial charge in [-0.15, -0.1) is 11.8 Å². The monoisotopic (exact) mass is 494 g/mol. The molecule has 1 heterocycles. The molecule has 178 valence electrons. The lowest BCUT2D eigenvalue weighted by Gasteiger charge is -2.26. The van der Waals surface area contributed by atoms with Gasteiger partial charge in [-0.05, 0) is 66.3 Å². The van der Waals surface area contributed by atoms with Gasteiger partial charge in [-0.1, -0.05) is 62.7 Å². The van der Waals surface area contributed by atoms with Crippen LogP contribution >= 0.6 is 11.8 Å². The summed E-state index contributed by atoms with van der Waals surface area (Å²) in [6.07, 6.45) is 0. The predicted octanol–water partition coefficient (Wildman–Crippen LogP) is 6.18. The normalized spacial score (nSPS) is 16.7. The molecule has 0 spiro atoms. The summed E-state index contributed by atoms with van der Waals surface area (Å²) in [5.41, 5.74) is 5.43. The summed E-state index contributed by atoms with van der Waals surface area (Å²) in [4.78, 5) is 14.8. The molecule has 5 nitrogen and oxygen atoms in total. The fourth-order valence-corrected chi connectivity index (χ4v) is 6.32. The third-order valence-corrected chi connectivity index (χ3v) is 8.54. The van der Waals surface area contributed by atoms with Crippen LogP contribution in [0.2, 0.25) is 0 Å². The Morgan fingerprint density at radius 2 is 1.68 bits per heavy atom. The molecule has 4 rings (SSSR count). The lowest BCUT2D eigenvalue weighted by atomic mass is 9.87. The van der Waals surface area contributed by atoms with Crippen LogP contribution in [-0.2, 0) is 20.2 Å². The largest absolute Gasteiger partial charge is 0.295 e. The highest BCUT2D eigenvalue weighted by molar-refractivity contribution is 8.00. The first-order valence-corrected chi connectivity index (χ1v) is 13.7. The number of thioether (sulfide) groups is 1. The van der Waals surface area contributed by atoms with Crippen molar-refractivity contribution in [2.75, 3.05) is 15.4 Å². The lowest BCUT2D eigenvalue weighted by Crippen LogP contribution is -2.28. The molecule has 1 atom stereocenters. The molecule has 1 aliphatic heterocycles. The topological polar surface area (TPSA) is 66.5 Å². The van der Waals surface area contributed by atoms with Gasteiger partial charge in [0.2, 0.25) is 5.91 Å². The van der Waals surface area contributed by atoms with Gasteiger partial charge in [0.1, 0.15) is 5.37 Å². The molecule has 1 saturated heterocycles. The second-order valence-electron chi connectivity index (χ2n) is 9.72. The van der Waals surface area contributed by atoms with Gasteiger partial charge in [-0.2, -0.15) is 0 Å². The zero-order chi connectivity index (χ0) is 24.7. The zero-order valence-corrected chi connectivity index (χ0v) is 21.8. The number of amides is 1. The molecule has 3 aromatic carbocycles. The first-order chi connectivity index (χ1) is 16.0. The second-order valence-corrected chi connectivity index (χ2v) is 12.5. The number of carbonyl (C=O) groups excluding carboxylic acids is 1. The lowest BCUT2D eigenvalue weighted by molar-refractivity contribution is -0.115. The molecule has 0 bridgehead atoms. The molecule has 0 aromatic heterocycles. The molecule has 1 amide bonds. The van der Waals surface area contributed by atoms with Gasteiger partial charge in [0.25, 0.3) is 10.0 Å². The van der Waals surface area contributed by atoms with Crippen molar-refractivity contribution >= 4 is 39.1 Å². The Morgan fingerprint density at radius 1 is 0.971 bits per heavy atom. The molecule has 3 aromatic rings. The molecule has 0 saturated carbocycles. The van der Waals surface area contributed by atoms with Crippen molar-refractivity contribution in [3.63, 3.8) is 0 Å². The summed E-state index contributed by atoms with van der Waals surface area (Å²) in [7, 11) is -3.74. The third kappa shape index (κ3) is 5.00. The van der Waals surface area contributed by atoms with Crippen LogP contribution in [0.15, 0.2) is 71.6 Å². The number of nitrogens with one attached hydrogen (secondary N) is 1. The first-order valence-electron chi connectivity index (χ1n) is 11.2. The summed E-state index contributed by atoms with van der Waals surface area (Å²) < 4.78 is 28.8. The van der Waals surface area contributed by atoms with Gasteiger partial charge in [0.05, 0.1) is 10.6 Å². The van der Waals surface area contributed by atoms with E-state index in [1.165, 1.54) is 0 Å². The number of carbonyl (C=O) groups is 1. The molecular weight excluding hydrogens is 464 g/mol. The van der Waals surface area contributed by atoms with E-state index in [4.69, 9.17) is 0 Å². The Labute approximate surface area is 206 Å². The summed E-state index contributed by atoms with van der Waals surface area (Å²) in [5, 5.41) is -0.218. The highest BCUT2D eigenvalue weighted by atomic mass is 32.2. The van der Waals surface area contributed by atoms with E-state index in [0.717, 1.165) is 27.9 Å². The highest BCUT2D eigenvalue weighted by Crippen LogP contribution is 2.43. The van der Waals surface area contributed by atoms with Crippen molar-refractivity contribution in [3.05, 3.63) is 89.0 Å². The van der Waals surface area contributed by atoms with E-state index in [9.17, 15) is 13.2 Å². The number of hydrogen-bond acceptors (Lipinski definition) is 4. The van der Waals surface area contributed by atoms with Crippen molar-refractivity contribution in [1.82, 2.24) is 0 Å². The van der Waals surface area contributed by atoms with Crippen molar-refractivity contribution in [2.24, 2.45) is 0 Å². The van der Waals surface area contributed by atoms with Crippen molar-refractivity contribution in [1.29, 1.82) is 0 Å². The van der Waals surface area contributed by atoms with Crippen LogP contribution in [-0.4, -0.2) is 20.1 Å². The van der Waals surface area contributed by atoms with Crippen LogP contribution in [0.1, 0.15) is 48.4 Å². The summed E-state index contributed by atoms with van der Waals surface area (Å²) >= 11 is 1.55. The Morgan fingerprint density at radius 3 is 2.32 bits per heavy atom. The minimum Gasteiger partial charge on any atom is -0.295 e. The van der Waals surface area contributed by atoms with Crippen LogP contribution in [0.25, 0.3) is 0 Å². The van der Waals surface area contributed by atoms with E-state index in [0.29, 0.717) is 11.4 Å². The zero-order valence-electron chi connectivity index (χ0n) is 20.1. The minimum absolute atomic E-state index is 0.0480. The summed E-state index contributed by atoms with van der Waals surface area (Å²) in [6.45, 7) is 10.3. The molecule has 0 aliphatic carbocycles. The highest BCUT2D eigenvalue weighted by Gasteiger charge is 2.35. The first kappa shape index (κ1) is 24.4. The van der Waals surface area contributed by atoms with E-state index in [2.05, 4.69) is 31.6 Å². The number of sulfonamides is 1. The second kappa shape index (κ2) is 9.12. The third-order valence-electron chi connectivity index (χ3n) is 5.93. The number of hydrogen-bond donors (Lipinski definition) is 1. The maximum atomic E-state index is 13.0. The van der Waals surface area contributed by atoms with E-state index in [1.54, 1.807) is 30.0 Å². The van der Waals surface area contributed by atoms with Gasteiger partial charge in [0.15, 0.2) is 0 Å². The van der Waals surface area contributed by atoms with Crippen LogP contribution in [0, 0.1) is 13.8 Å². The van der Waals surface area contributed by atoms with Gasteiger partial charge >= 0.3 is 0 Å². The fraction of sp³-hybridized carbons (Fsp3) is 0.296. The molecule has 34 heavy (non-hydrogen) atoms. The number of rotatable bonds is 5. The number of nitrogens with zero attached hydrogens (tertiary/aromatic N) is 1. The molecule has 1 unspecified atom stereocenters. The van der Waals surface area contributed by atoms with Crippen molar-refractivity contribution in [3.8, 4) is 0 Å². The summed E-state index contributed by atoms with van der Waals surface area (Å²) in [6, 6.07) is 20.3. The smallest absolute Gasteiger partial charge is 0.261 e. The molecular formula is C27H30N2O3S2. The van der Waals surface area contributed by atoms with E-state index in [-0.39, 0.29) is 21.6 Å². The van der Waals surface area contributed by atoms with Crippen molar-refractivity contribution < 1.29 is 13.2 Å². The Hall–Kier alpha value is -2.77.